The maximum absolute atomic E-state index is 13.9. The van der Waals surface area contributed by atoms with E-state index in [0.717, 1.165) is 17.5 Å². The monoisotopic (exact) mass is 536 g/mol. The molecular formula is C26H21Cl2F3N2O3. The number of benzene rings is 3. The topological polar surface area (TPSA) is 56.5 Å². The number of aromatic nitrogens is 2. The Labute approximate surface area is 215 Å². The van der Waals surface area contributed by atoms with Crippen LogP contribution in [-0.4, -0.2) is 14.9 Å². The molecule has 4 rings (SSSR count). The fourth-order valence-corrected chi connectivity index (χ4v) is 3.92. The minimum atomic E-state index is -4.74. The number of hydrogen-bond acceptors (Lipinski definition) is 4. The number of ether oxygens (including phenoxy) is 2. The highest BCUT2D eigenvalue weighted by Crippen LogP contribution is 2.46. The summed E-state index contributed by atoms with van der Waals surface area (Å²) < 4.78 is 53.8. The molecule has 1 aromatic heterocycles. The SMILES string of the molecule is CCc1ccc(Oc2c(-c3ccc(OCc4ccc(Cl)c(Cl)c4)cc3O)nn(C)c2C(F)(F)F)cc1. The van der Waals surface area contributed by atoms with E-state index in [1.54, 1.807) is 42.5 Å². The minimum absolute atomic E-state index is 0.0585. The van der Waals surface area contributed by atoms with E-state index < -0.39 is 17.6 Å². The summed E-state index contributed by atoms with van der Waals surface area (Å²) in [4.78, 5) is 0. The number of alkyl halides is 3. The van der Waals surface area contributed by atoms with E-state index in [9.17, 15) is 18.3 Å². The van der Waals surface area contributed by atoms with Gasteiger partial charge in [-0.25, -0.2) is 0 Å². The second-order valence-corrected chi connectivity index (χ2v) is 8.78. The highest BCUT2D eigenvalue weighted by molar-refractivity contribution is 6.42. The van der Waals surface area contributed by atoms with E-state index in [1.807, 2.05) is 6.92 Å². The Balaban J connectivity index is 1.66. The minimum Gasteiger partial charge on any atom is -0.507 e. The van der Waals surface area contributed by atoms with Crippen LogP contribution in [0.3, 0.4) is 0 Å². The van der Waals surface area contributed by atoms with Crippen LogP contribution in [0.5, 0.6) is 23.0 Å². The first-order chi connectivity index (χ1) is 17.1. The van der Waals surface area contributed by atoms with Crippen molar-refractivity contribution in [3.63, 3.8) is 0 Å². The molecule has 0 unspecified atom stereocenters. The number of phenols is 1. The molecule has 1 heterocycles. The average Bonchev–Trinajstić information content (AvgIpc) is 3.16. The van der Waals surface area contributed by atoms with Gasteiger partial charge in [-0.1, -0.05) is 48.3 Å². The van der Waals surface area contributed by atoms with Crippen LogP contribution in [0.4, 0.5) is 13.2 Å². The van der Waals surface area contributed by atoms with Crippen LogP contribution in [0, 0.1) is 0 Å². The lowest BCUT2D eigenvalue weighted by Crippen LogP contribution is -2.12. The van der Waals surface area contributed by atoms with Crippen LogP contribution in [0.1, 0.15) is 23.7 Å². The van der Waals surface area contributed by atoms with Crippen molar-refractivity contribution in [3.05, 3.63) is 87.5 Å². The molecule has 10 heteroatoms. The summed E-state index contributed by atoms with van der Waals surface area (Å²) in [6.45, 7) is 2.11. The largest absolute Gasteiger partial charge is 0.507 e. The van der Waals surface area contributed by atoms with Crippen LogP contribution in [0.15, 0.2) is 60.7 Å². The zero-order valence-electron chi connectivity index (χ0n) is 19.2. The molecule has 3 aromatic carbocycles. The molecule has 0 spiro atoms. The van der Waals surface area contributed by atoms with Crippen molar-refractivity contribution in [2.24, 2.45) is 7.05 Å². The van der Waals surface area contributed by atoms with Gasteiger partial charge in [-0.05, 0) is 53.9 Å². The first kappa shape index (κ1) is 25.7. The molecule has 0 radical (unpaired) electrons. The molecular weight excluding hydrogens is 516 g/mol. The Kier molecular flexibility index (Phi) is 7.38. The molecule has 1 N–H and O–H groups in total. The van der Waals surface area contributed by atoms with Gasteiger partial charge in [0.2, 0.25) is 0 Å². The lowest BCUT2D eigenvalue weighted by atomic mass is 10.1. The molecule has 188 valence electrons. The van der Waals surface area contributed by atoms with Crippen molar-refractivity contribution in [1.29, 1.82) is 0 Å². The summed E-state index contributed by atoms with van der Waals surface area (Å²) in [7, 11) is 1.17. The third-order valence-corrected chi connectivity index (χ3v) is 6.18. The molecule has 0 aliphatic carbocycles. The number of hydrogen-bond donors (Lipinski definition) is 1. The zero-order valence-corrected chi connectivity index (χ0v) is 20.7. The predicted octanol–water partition coefficient (Wildman–Crippen LogP) is 8.05. The molecule has 5 nitrogen and oxygen atoms in total. The summed E-state index contributed by atoms with van der Waals surface area (Å²) in [5, 5.41) is 15.5. The van der Waals surface area contributed by atoms with Crippen molar-refractivity contribution in [1.82, 2.24) is 9.78 Å². The summed E-state index contributed by atoms with van der Waals surface area (Å²) in [5.41, 5.74) is 0.591. The van der Waals surface area contributed by atoms with Crippen molar-refractivity contribution >= 4 is 23.2 Å². The third-order valence-electron chi connectivity index (χ3n) is 5.44. The Morgan fingerprint density at radius 3 is 2.19 bits per heavy atom. The lowest BCUT2D eigenvalue weighted by Gasteiger charge is -2.13. The highest BCUT2D eigenvalue weighted by atomic mass is 35.5. The molecule has 0 bridgehead atoms. The van der Waals surface area contributed by atoms with Gasteiger partial charge in [0.1, 0.15) is 29.5 Å². The van der Waals surface area contributed by atoms with Gasteiger partial charge in [-0.3, -0.25) is 4.68 Å². The standard InChI is InChI=1S/C26H21Cl2F3N2O3/c1-3-15-4-7-17(8-5-15)36-24-23(32-33(2)25(24)26(29,30)31)19-10-9-18(13-22(19)34)35-14-16-6-11-20(27)21(28)12-16/h4-13,34H,3,14H2,1-2H3. The highest BCUT2D eigenvalue weighted by Gasteiger charge is 2.41. The molecule has 0 saturated carbocycles. The summed E-state index contributed by atoms with van der Waals surface area (Å²) in [6, 6.07) is 16.0. The number of phenolic OH excluding ortho intramolecular Hbond substituents is 1. The molecule has 0 amide bonds. The second kappa shape index (κ2) is 10.3. The van der Waals surface area contributed by atoms with Crippen LogP contribution in [0.25, 0.3) is 11.3 Å². The number of halogens is 5. The van der Waals surface area contributed by atoms with Gasteiger partial charge in [0, 0.05) is 18.7 Å². The van der Waals surface area contributed by atoms with E-state index in [2.05, 4.69) is 5.10 Å². The Morgan fingerprint density at radius 2 is 1.58 bits per heavy atom. The molecule has 0 fully saturated rings. The Hall–Kier alpha value is -3.36. The predicted molar refractivity (Wildman–Crippen MR) is 132 cm³/mol. The van der Waals surface area contributed by atoms with Crippen molar-refractivity contribution in [2.75, 3.05) is 0 Å². The van der Waals surface area contributed by atoms with Crippen LogP contribution in [0.2, 0.25) is 10.0 Å². The maximum atomic E-state index is 13.9. The van der Waals surface area contributed by atoms with E-state index >= 15 is 0 Å². The molecule has 0 aliphatic rings. The van der Waals surface area contributed by atoms with Crippen LogP contribution in [-0.2, 0) is 26.3 Å². The van der Waals surface area contributed by atoms with Gasteiger partial charge in [0.25, 0.3) is 0 Å². The number of nitrogens with zero attached hydrogens (tertiary/aromatic N) is 2. The summed E-state index contributed by atoms with van der Waals surface area (Å²) in [6.07, 6.45) is -3.96. The quantitative estimate of drug-likeness (QED) is 0.259. The van der Waals surface area contributed by atoms with E-state index in [4.69, 9.17) is 32.7 Å². The molecule has 0 atom stereocenters. The Morgan fingerprint density at radius 1 is 0.917 bits per heavy atom. The zero-order chi connectivity index (χ0) is 26.0. The smallest absolute Gasteiger partial charge is 0.436 e. The lowest BCUT2D eigenvalue weighted by molar-refractivity contribution is -0.144. The van der Waals surface area contributed by atoms with E-state index in [0.29, 0.717) is 20.5 Å². The van der Waals surface area contributed by atoms with E-state index in [1.165, 1.54) is 25.2 Å². The number of aryl methyl sites for hydroxylation is 2. The van der Waals surface area contributed by atoms with Crippen LogP contribution >= 0.6 is 23.2 Å². The average molecular weight is 537 g/mol. The normalized spacial score (nSPS) is 11.5. The van der Waals surface area contributed by atoms with E-state index in [-0.39, 0.29) is 29.4 Å². The third kappa shape index (κ3) is 5.55. The Bertz CT molecular complexity index is 1390. The van der Waals surface area contributed by atoms with Gasteiger partial charge in [0.15, 0.2) is 11.4 Å². The second-order valence-electron chi connectivity index (χ2n) is 7.96. The fourth-order valence-electron chi connectivity index (χ4n) is 3.60. The van der Waals surface area contributed by atoms with Crippen molar-refractivity contribution in [2.45, 2.75) is 26.1 Å². The fraction of sp³-hybridized carbons (Fsp3) is 0.192. The van der Waals surface area contributed by atoms with Gasteiger partial charge in [0.05, 0.1) is 10.0 Å². The van der Waals surface area contributed by atoms with Crippen LogP contribution < -0.4 is 9.47 Å². The summed E-state index contributed by atoms with van der Waals surface area (Å²) in [5.74, 6) is -0.311. The maximum Gasteiger partial charge on any atom is 0.436 e. The summed E-state index contributed by atoms with van der Waals surface area (Å²) >= 11 is 11.9. The number of rotatable bonds is 7. The first-order valence-electron chi connectivity index (χ1n) is 10.9. The van der Waals surface area contributed by atoms with Gasteiger partial charge < -0.3 is 14.6 Å². The number of aromatic hydroxyl groups is 1. The molecule has 0 aliphatic heterocycles. The van der Waals surface area contributed by atoms with Gasteiger partial charge in [-0.2, -0.15) is 18.3 Å². The van der Waals surface area contributed by atoms with Gasteiger partial charge in [-0.15, -0.1) is 0 Å². The van der Waals surface area contributed by atoms with Crippen molar-refractivity contribution in [3.8, 4) is 34.3 Å². The molecule has 0 saturated heterocycles. The first-order valence-corrected chi connectivity index (χ1v) is 11.6. The molecule has 36 heavy (non-hydrogen) atoms. The van der Waals surface area contributed by atoms with Gasteiger partial charge >= 0.3 is 6.18 Å². The molecule has 4 aromatic rings. The van der Waals surface area contributed by atoms with Crippen molar-refractivity contribution < 1.29 is 27.8 Å².